The molecule has 5 heteroatoms. The van der Waals surface area contributed by atoms with Crippen molar-refractivity contribution in [2.75, 3.05) is 11.9 Å². The van der Waals surface area contributed by atoms with Crippen molar-refractivity contribution in [2.24, 2.45) is 0 Å². The summed E-state index contributed by atoms with van der Waals surface area (Å²) in [5.74, 6) is 2.46. The van der Waals surface area contributed by atoms with Crippen LogP contribution in [0.3, 0.4) is 0 Å². The van der Waals surface area contributed by atoms with Crippen LogP contribution in [0.1, 0.15) is 18.5 Å². The molecule has 0 amide bonds. The van der Waals surface area contributed by atoms with Gasteiger partial charge in [-0.25, -0.2) is 9.97 Å². The molecule has 2 heterocycles. The first-order valence-corrected chi connectivity index (χ1v) is 5.95. The lowest BCUT2D eigenvalue weighted by molar-refractivity contribution is 0.513. The van der Waals surface area contributed by atoms with E-state index in [1.54, 1.807) is 12.3 Å². The molecule has 2 aromatic heterocycles. The molecule has 0 aliphatic carbocycles. The van der Waals surface area contributed by atoms with Crippen LogP contribution in [0.15, 0.2) is 28.9 Å². The molecule has 17 heavy (non-hydrogen) atoms. The Morgan fingerprint density at radius 3 is 3.00 bits per heavy atom. The molecule has 0 fully saturated rings. The Morgan fingerprint density at radius 1 is 1.41 bits per heavy atom. The van der Waals surface area contributed by atoms with Crippen LogP contribution in [0.2, 0.25) is 5.15 Å². The van der Waals surface area contributed by atoms with Crippen LogP contribution in [-0.4, -0.2) is 16.5 Å². The fraction of sp³-hybridized carbons (Fsp3) is 0.333. The first-order chi connectivity index (χ1) is 8.28. The molecular weight excluding hydrogens is 238 g/mol. The molecule has 0 bridgehead atoms. The summed E-state index contributed by atoms with van der Waals surface area (Å²) in [6, 6.07) is 5.56. The number of aryl methyl sites for hydroxylation is 1. The highest BCUT2D eigenvalue weighted by atomic mass is 35.5. The Bertz CT molecular complexity index is 471. The van der Waals surface area contributed by atoms with Crippen molar-refractivity contribution in [1.29, 1.82) is 0 Å². The molecule has 1 N–H and O–H groups in total. The topological polar surface area (TPSA) is 51.0 Å². The minimum Gasteiger partial charge on any atom is -0.469 e. The minimum absolute atomic E-state index is 0.470. The molecule has 90 valence electrons. The van der Waals surface area contributed by atoms with E-state index in [4.69, 9.17) is 16.0 Å². The van der Waals surface area contributed by atoms with Gasteiger partial charge in [0.15, 0.2) is 0 Å². The molecule has 0 aromatic carbocycles. The highest BCUT2D eigenvalue weighted by Gasteiger charge is 2.02. The number of hydrogen-bond donors (Lipinski definition) is 1. The lowest BCUT2D eigenvalue weighted by atomic mass is 10.3. The molecule has 0 aliphatic rings. The molecule has 0 saturated heterocycles. The van der Waals surface area contributed by atoms with E-state index >= 15 is 0 Å². The molecule has 4 nitrogen and oxygen atoms in total. The van der Waals surface area contributed by atoms with Crippen LogP contribution in [0.25, 0.3) is 0 Å². The van der Waals surface area contributed by atoms with Crippen molar-refractivity contribution in [3.8, 4) is 0 Å². The van der Waals surface area contributed by atoms with Crippen molar-refractivity contribution in [2.45, 2.75) is 19.8 Å². The van der Waals surface area contributed by atoms with E-state index in [1.807, 2.05) is 19.1 Å². The number of rotatable bonds is 5. The van der Waals surface area contributed by atoms with Crippen LogP contribution >= 0.6 is 11.6 Å². The maximum atomic E-state index is 5.90. The maximum Gasteiger partial charge on any atom is 0.134 e. The SMILES string of the molecule is CCc1nc(Cl)cc(NCCc2ccco2)n1. The van der Waals surface area contributed by atoms with Gasteiger partial charge >= 0.3 is 0 Å². The molecule has 0 spiro atoms. The summed E-state index contributed by atoms with van der Waals surface area (Å²) in [6.45, 7) is 2.75. The van der Waals surface area contributed by atoms with Crippen LogP contribution in [0.5, 0.6) is 0 Å². The van der Waals surface area contributed by atoms with Crippen molar-refractivity contribution < 1.29 is 4.42 Å². The van der Waals surface area contributed by atoms with Gasteiger partial charge in [-0.15, -0.1) is 0 Å². The number of furan rings is 1. The van der Waals surface area contributed by atoms with Gasteiger partial charge in [0.2, 0.25) is 0 Å². The second kappa shape index (κ2) is 5.68. The van der Waals surface area contributed by atoms with E-state index in [-0.39, 0.29) is 0 Å². The van der Waals surface area contributed by atoms with Gasteiger partial charge in [-0.05, 0) is 12.1 Å². The van der Waals surface area contributed by atoms with Gasteiger partial charge in [0.05, 0.1) is 6.26 Å². The molecule has 2 aromatic rings. The predicted octanol–water partition coefficient (Wildman–Crippen LogP) is 2.94. The minimum atomic E-state index is 0.470. The van der Waals surface area contributed by atoms with Gasteiger partial charge in [-0.3, -0.25) is 0 Å². The molecule has 0 radical (unpaired) electrons. The maximum absolute atomic E-state index is 5.90. The molecular formula is C12H14ClN3O. The Balaban J connectivity index is 1.92. The Hall–Kier alpha value is -1.55. The van der Waals surface area contributed by atoms with Crippen LogP contribution in [0.4, 0.5) is 5.82 Å². The van der Waals surface area contributed by atoms with Gasteiger partial charge in [0.1, 0.15) is 22.6 Å². The van der Waals surface area contributed by atoms with Crippen LogP contribution < -0.4 is 5.32 Å². The number of aromatic nitrogens is 2. The van der Waals surface area contributed by atoms with Crippen LogP contribution in [0, 0.1) is 0 Å². The van der Waals surface area contributed by atoms with Gasteiger partial charge in [0, 0.05) is 25.5 Å². The summed E-state index contributed by atoms with van der Waals surface area (Å²) in [5, 5.41) is 3.67. The largest absolute Gasteiger partial charge is 0.469 e. The summed E-state index contributed by atoms with van der Waals surface area (Å²) in [7, 11) is 0. The lowest BCUT2D eigenvalue weighted by Crippen LogP contribution is -2.07. The summed E-state index contributed by atoms with van der Waals surface area (Å²) in [5.41, 5.74) is 0. The Labute approximate surface area is 105 Å². The normalized spacial score (nSPS) is 10.5. The first kappa shape index (κ1) is 11.9. The van der Waals surface area contributed by atoms with Crippen molar-refractivity contribution >= 4 is 17.4 Å². The highest BCUT2D eigenvalue weighted by Crippen LogP contribution is 2.12. The molecule has 2 rings (SSSR count). The quantitative estimate of drug-likeness (QED) is 0.830. The average Bonchev–Trinajstić information content (AvgIpc) is 2.81. The third-order valence-corrected chi connectivity index (χ3v) is 2.51. The van der Waals surface area contributed by atoms with E-state index < -0.39 is 0 Å². The molecule has 0 aliphatic heterocycles. The summed E-state index contributed by atoms with van der Waals surface area (Å²) in [6.07, 6.45) is 3.26. The number of anilines is 1. The number of hydrogen-bond acceptors (Lipinski definition) is 4. The van der Waals surface area contributed by atoms with Crippen molar-refractivity contribution in [1.82, 2.24) is 9.97 Å². The van der Waals surface area contributed by atoms with E-state index in [0.29, 0.717) is 5.15 Å². The summed E-state index contributed by atoms with van der Waals surface area (Å²) >= 11 is 5.90. The number of nitrogens with one attached hydrogen (secondary N) is 1. The number of nitrogens with zero attached hydrogens (tertiary/aromatic N) is 2. The zero-order valence-electron chi connectivity index (χ0n) is 9.61. The fourth-order valence-electron chi connectivity index (χ4n) is 1.48. The van der Waals surface area contributed by atoms with Gasteiger partial charge in [-0.2, -0.15) is 0 Å². The lowest BCUT2D eigenvalue weighted by Gasteiger charge is -2.06. The predicted molar refractivity (Wildman–Crippen MR) is 67.3 cm³/mol. The second-order valence-corrected chi connectivity index (χ2v) is 3.99. The number of halogens is 1. The van der Waals surface area contributed by atoms with Gasteiger partial charge in [-0.1, -0.05) is 18.5 Å². The standard InChI is InChI=1S/C12H14ClN3O/c1-2-11-15-10(13)8-12(16-11)14-6-5-9-4-3-7-17-9/h3-4,7-8H,2,5-6H2,1H3,(H,14,15,16). The average molecular weight is 252 g/mol. The van der Waals surface area contributed by atoms with Crippen LogP contribution in [-0.2, 0) is 12.8 Å². The van der Waals surface area contributed by atoms with Crippen molar-refractivity contribution in [3.05, 3.63) is 41.2 Å². The Morgan fingerprint density at radius 2 is 2.29 bits per heavy atom. The van der Waals surface area contributed by atoms with E-state index in [9.17, 15) is 0 Å². The third kappa shape index (κ3) is 3.46. The molecule has 0 atom stereocenters. The monoisotopic (exact) mass is 251 g/mol. The van der Waals surface area contributed by atoms with E-state index in [0.717, 1.165) is 36.8 Å². The third-order valence-electron chi connectivity index (χ3n) is 2.32. The Kier molecular flexibility index (Phi) is 3.98. The molecule has 0 saturated carbocycles. The van der Waals surface area contributed by atoms with E-state index in [1.165, 1.54) is 0 Å². The summed E-state index contributed by atoms with van der Waals surface area (Å²) < 4.78 is 5.24. The highest BCUT2D eigenvalue weighted by molar-refractivity contribution is 6.29. The van der Waals surface area contributed by atoms with Crippen molar-refractivity contribution in [3.63, 3.8) is 0 Å². The molecule has 0 unspecified atom stereocenters. The zero-order valence-corrected chi connectivity index (χ0v) is 10.4. The zero-order chi connectivity index (χ0) is 12.1. The van der Waals surface area contributed by atoms with Gasteiger partial charge < -0.3 is 9.73 Å². The summed E-state index contributed by atoms with van der Waals surface area (Å²) in [4.78, 5) is 8.44. The first-order valence-electron chi connectivity index (χ1n) is 5.57. The smallest absolute Gasteiger partial charge is 0.134 e. The van der Waals surface area contributed by atoms with E-state index in [2.05, 4.69) is 15.3 Å². The second-order valence-electron chi connectivity index (χ2n) is 3.60. The van der Waals surface area contributed by atoms with Gasteiger partial charge in [0.25, 0.3) is 0 Å². The fourth-order valence-corrected chi connectivity index (χ4v) is 1.68.